The molecule has 2 aromatic rings. The summed E-state index contributed by atoms with van der Waals surface area (Å²) < 4.78 is 50.3. The lowest BCUT2D eigenvalue weighted by atomic mass is 9.77. The van der Waals surface area contributed by atoms with Crippen molar-refractivity contribution < 1.29 is 27.4 Å². The number of nitrogens with two attached hydrogens (primary N) is 2. The van der Waals surface area contributed by atoms with Crippen LogP contribution in [0, 0.1) is 5.92 Å². The highest BCUT2D eigenvalue weighted by Gasteiger charge is 2.46. The van der Waals surface area contributed by atoms with Crippen LogP contribution in [0.25, 0.3) is 0 Å². The van der Waals surface area contributed by atoms with Gasteiger partial charge >= 0.3 is 6.18 Å². The number of halogens is 3. The molecular formula is C24H30F3N7O3. The summed E-state index contributed by atoms with van der Waals surface area (Å²) in [7, 11) is 0. The first-order chi connectivity index (χ1) is 17.7. The molecule has 1 aromatic carbocycles. The van der Waals surface area contributed by atoms with Gasteiger partial charge in [-0.15, -0.1) is 5.10 Å². The molecule has 0 bridgehead atoms. The Morgan fingerprint density at radius 3 is 2.92 bits per heavy atom. The van der Waals surface area contributed by atoms with Gasteiger partial charge in [0.25, 0.3) is 5.91 Å². The highest BCUT2D eigenvalue weighted by molar-refractivity contribution is 6.09. The Hall–Kier alpha value is -3.48. The number of fused-ring (bicyclic) bond motifs is 3. The van der Waals surface area contributed by atoms with Crippen LogP contribution in [0.2, 0.25) is 0 Å². The van der Waals surface area contributed by atoms with Crippen molar-refractivity contribution in [3.05, 3.63) is 40.7 Å². The number of ether oxygens (including phenoxy) is 2. The van der Waals surface area contributed by atoms with Crippen LogP contribution in [-0.4, -0.2) is 40.9 Å². The molecule has 37 heavy (non-hydrogen) atoms. The normalized spacial score (nSPS) is 21.2. The monoisotopic (exact) mass is 521 g/mol. The minimum absolute atomic E-state index is 0.0642. The average Bonchev–Trinajstić information content (AvgIpc) is 3.59. The number of amides is 1. The maximum absolute atomic E-state index is 13.5. The molecule has 10 nitrogen and oxygen atoms in total. The minimum atomic E-state index is -4.21. The molecule has 0 unspecified atom stereocenters. The van der Waals surface area contributed by atoms with Crippen molar-refractivity contribution in [3.63, 3.8) is 0 Å². The van der Waals surface area contributed by atoms with Crippen molar-refractivity contribution in [1.82, 2.24) is 20.6 Å². The minimum Gasteiger partial charge on any atom is -0.493 e. The molecule has 1 aliphatic carbocycles. The van der Waals surface area contributed by atoms with E-state index in [-0.39, 0.29) is 24.8 Å². The van der Waals surface area contributed by atoms with Gasteiger partial charge in [0.05, 0.1) is 30.0 Å². The number of hydrazone groups is 1. The lowest BCUT2D eigenvalue weighted by Crippen LogP contribution is -2.53. The van der Waals surface area contributed by atoms with Gasteiger partial charge in [-0.1, -0.05) is 12.8 Å². The van der Waals surface area contributed by atoms with Gasteiger partial charge in [0.2, 0.25) is 0 Å². The molecule has 1 amide bonds. The number of nitrogens with one attached hydrogen (secondary N) is 2. The molecule has 1 atom stereocenters. The number of hydrogen-bond acceptors (Lipinski definition) is 7. The van der Waals surface area contributed by atoms with Crippen molar-refractivity contribution in [1.29, 1.82) is 0 Å². The lowest BCUT2D eigenvalue weighted by Gasteiger charge is -2.41. The van der Waals surface area contributed by atoms with Gasteiger partial charge < -0.3 is 20.5 Å². The highest BCUT2D eigenvalue weighted by atomic mass is 19.4. The molecule has 1 spiro atoms. The number of carbonyl (C=O) groups excluding carboxylic acids is 1. The Kier molecular flexibility index (Phi) is 6.65. The Labute approximate surface area is 211 Å². The van der Waals surface area contributed by atoms with E-state index >= 15 is 0 Å². The van der Waals surface area contributed by atoms with Crippen LogP contribution < -0.4 is 31.9 Å². The van der Waals surface area contributed by atoms with Crippen LogP contribution in [0.4, 0.5) is 13.2 Å². The number of nitrogens with zero attached hydrogens (tertiary/aromatic N) is 3. The predicted molar refractivity (Wildman–Crippen MR) is 128 cm³/mol. The summed E-state index contributed by atoms with van der Waals surface area (Å²) in [5.74, 6) is 6.69. The second kappa shape index (κ2) is 9.77. The zero-order valence-electron chi connectivity index (χ0n) is 20.2. The van der Waals surface area contributed by atoms with Crippen LogP contribution in [-0.2, 0) is 18.5 Å². The molecule has 0 radical (unpaired) electrons. The predicted octanol–water partition coefficient (Wildman–Crippen LogP) is 2.45. The Morgan fingerprint density at radius 1 is 1.38 bits per heavy atom. The fraction of sp³-hybridized carbons (Fsp3) is 0.542. The number of hydrogen-bond donors (Lipinski definition) is 4. The highest BCUT2D eigenvalue weighted by Crippen LogP contribution is 2.44. The van der Waals surface area contributed by atoms with E-state index in [1.807, 2.05) is 0 Å². The summed E-state index contributed by atoms with van der Waals surface area (Å²) in [6.45, 7) is 0.893. The summed E-state index contributed by atoms with van der Waals surface area (Å²) in [4.78, 5) is 13.5. The Balaban J connectivity index is 1.41. The van der Waals surface area contributed by atoms with E-state index in [0.717, 1.165) is 12.0 Å². The van der Waals surface area contributed by atoms with Crippen molar-refractivity contribution in [2.24, 2.45) is 22.6 Å². The quantitative estimate of drug-likeness (QED) is 0.131. The van der Waals surface area contributed by atoms with Crippen molar-refractivity contribution in [2.75, 3.05) is 13.2 Å². The molecule has 200 valence electrons. The van der Waals surface area contributed by atoms with E-state index in [0.29, 0.717) is 60.4 Å². The zero-order valence-corrected chi connectivity index (χ0v) is 20.2. The van der Waals surface area contributed by atoms with Crippen LogP contribution in [0.3, 0.4) is 0 Å². The SMILES string of the molecule is NN/N=C(\N)c1c2c(nn1CCC1CC1)C[C@]1(CCOc3cc(OCCCC(F)(F)F)ccc31)NC2=O. The van der Waals surface area contributed by atoms with E-state index in [1.54, 1.807) is 22.9 Å². The average molecular weight is 522 g/mol. The molecule has 1 saturated carbocycles. The lowest BCUT2D eigenvalue weighted by molar-refractivity contribution is -0.136. The largest absolute Gasteiger partial charge is 0.493 e. The van der Waals surface area contributed by atoms with Crippen LogP contribution in [0.5, 0.6) is 11.5 Å². The number of amidine groups is 1. The summed E-state index contributed by atoms with van der Waals surface area (Å²) in [6.07, 6.45) is -0.990. The van der Waals surface area contributed by atoms with Gasteiger partial charge in [-0.05, 0) is 30.9 Å². The molecule has 1 fully saturated rings. The Bertz CT molecular complexity index is 1210. The number of aromatic nitrogens is 2. The maximum atomic E-state index is 13.5. The molecule has 3 aliphatic rings. The van der Waals surface area contributed by atoms with Gasteiger partial charge in [-0.2, -0.15) is 18.3 Å². The van der Waals surface area contributed by atoms with E-state index in [9.17, 15) is 18.0 Å². The molecule has 2 aliphatic heterocycles. The van der Waals surface area contributed by atoms with E-state index in [2.05, 4.69) is 16.0 Å². The summed E-state index contributed by atoms with van der Waals surface area (Å²) in [6, 6.07) is 5.13. The molecule has 6 N–H and O–H groups in total. The van der Waals surface area contributed by atoms with E-state index < -0.39 is 18.1 Å². The second-order valence-electron chi connectivity index (χ2n) is 9.79. The van der Waals surface area contributed by atoms with Gasteiger partial charge in [0, 0.05) is 37.4 Å². The first-order valence-corrected chi connectivity index (χ1v) is 12.4. The van der Waals surface area contributed by atoms with Gasteiger partial charge in [0.1, 0.15) is 17.2 Å². The zero-order chi connectivity index (χ0) is 26.2. The van der Waals surface area contributed by atoms with Crippen LogP contribution in [0.1, 0.15) is 65.8 Å². The van der Waals surface area contributed by atoms with Gasteiger partial charge in [-0.3, -0.25) is 9.48 Å². The fourth-order valence-electron chi connectivity index (χ4n) is 5.09. The summed E-state index contributed by atoms with van der Waals surface area (Å²) >= 11 is 0. The van der Waals surface area contributed by atoms with Gasteiger partial charge in [0.15, 0.2) is 5.84 Å². The third kappa shape index (κ3) is 5.31. The van der Waals surface area contributed by atoms with E-state index in [4.69, 9.17) is 26.1 Å². The number of aryl methyl sites for hydroxylation is 1. The molecule has 5 rings (SSSR count). The topological polar surface area (TPSA) is 142 Å². The maximum Gasteiger partial charge on any atom is 0.389 e. The third-order valence-corrected chi connectivity index (χ3v) is 7.08. The van der Waals surface area contributed by atoms with Crippen molar-refractivity contribution in [3.8, 4) is 11.5 Å². The summed E-state index contributed by atoms with van der Waals surface area (Å²) in [5, 5.41) is 11.8. The number of benzene rings is 1. The number of rotatable bonds is 9. The number of hydrazine groups is 1. The number of carbonyl (C=O) groups is 1. The fourth-order valence-corrected chi connectivity index (χ4v) is 5.09. The first kappa shape index (κ1) is 25.2. The molecule has 1 aromatic heterocycles. The first-order valence-electron chi connectivity index (χ1n) is 12.4. The molecule has 3 heterocycles. The van der Waals surface area contributed by atoms with Crippen LogP contribution >= 0.6 is 0 Å². The molecule has 0 saturated heterocycles. The van der Waals surface area contributed by atoms with Gasteiger partial charge in [-0.25, -0.2) is 11.4 Å². The van der Waals surface area contributed by atoms with Crippen molar-refractivity contribution in [2.45, 2.75) is 63.2 Å². The third-order valence-electron chi connectivity index (χ3n) is 7.08. The molecule has 13 heteroatoms. The van der Waals surface area contributed by atoms with Crippen molar-refractivity contribution >= 4 is 11.7 Å². The molecular weight excluding hydrogens is 491 g/mol. The second-order valence-corrected chi connectivity index (χ2v) is 9.79. The number of alkyl halides is 3. The van der Waals surface area contributed by atoms with Crippen LogP contribution in [0.15, 0.2) is 23.3 Å². The van der Waals surface area contributed by atoms with E-state index in [1.165, 1.54) is 12.8 Å². The smallest absolute Gasteiger partial charge is 0.389 e. The summed E-state index contributed by atoms with van der Waals surface area (Å²) in [5.41, 5.74) is 9.81. The standard InChI is InChI=1S/C24H30F3N7O3/c25-24(26,27)7-1-10-36-15-4-5-16-18(12-15)37-11-8-23(16)13-17-19(22(35)30-23)20(21(28)31-33-29)34(32-17)9-6-14-2-3-14/h4-5,12,14,33H,1-3,6-11,13,29H2,(H2,28,31)(H,30,35)/t23-/m0/s1. The Morgan fingerprint density at radius 2 is 2.19 bits per heavy atom.